The Balaban J connectivity index is 1.55. The highest BCUT2D eigenvalue weighted by Crippen LogP contribution is 2.35. The van der Waals surface area contributed by atoms with Gasteiger partial charge in [0.2, 0.25) is 0 Å². The van der Waals surface area contributed by atoms with Crippen LogP contribution in [0.3, 0.4) is 0 Å². The fourth-order valence-corrected chi connectivity index (χ4v) is 3.95. The van der Waals surface area contributed by atoms with Crippen molar-refractivity contribution in [3.05, 3.63) is 23.8 Å². The van der Waals surface area contributed by atoms with Gasteiger partial charge in [-0.25, -0.2) is 0 Å². The lowest BCUT2D eigenvalue weighted by Gasteiger charge is -2.44. The van der Waals surface area contributed by atoms with Gasteiger partial charge in [-0.15, -0.1) is 0 Å². The van der Waals surface area contributed by atoms with Gasteiger partial charge < -0.3 is 14.8 Å². The minimum absolute atomic E-state index is 0.450. The van der Waals surface area contributed by atoms with Crippen LogP contribution >= 0.6 is 0 Å². The van der Waals surface area contributed by atoms with Crippen molar-refractivity contribution >= 4 is 5.69 Å². The first kappa shape index (κ1) is 13.4. The molecule has 4 rings (SSSR count). The van der Waals surface area contributed by atoms with Gasteiger partial charge in [0.25, 0.3) is 0 Å². The largest absolute Gasteiger partial charge is 0.489 e. The van der Waals surface area contributed by atoms with E-state index in [9.17, 15) is 0 Å². The third-order valence-electron chi connectivity index (χ3n) is 4.98. The van der Waals surface area contributed by atoms with Crippen LogP contribution in [0.4, 0.5) is 5.69 Å². The SMILES string of the molecule is c1cc(CN2CCOC3CCCCC32)c2c(c1)NCCO2. The first-order valence-corrected chi connectivity index (χ1v) is 8.26. The zero-order valence-corrected chi connectivity index (χ0v) is 12.5. The quantitative estimate of drug-likeness (QED) is 0.907. The maximum Gasteiger partial charge on any atom is 0.146 e. The van der Waals surface area contributed by atoms with E-state index in [-0.39, 0.29) is 0 Å². The van der Waals surface area contributed by atoms with Gasteiger partial charge in [-0.2, -0.15) is 0 Å². The van der Waals surface area contributed by atoms with Crippen LogP contribution < -0.4 is 10.1 Å². The third kappa shape index (κ3) is 2.62. The van der Waals surface area contributed by atoms with Gasteiger partial charge in [0.1, 0.15) is 12.4 Å². The van der Waals surface area contributed by atoms with Gasteiger partial charge in [0.05, 0.1) is 18.4 Å². The van der Waals surface area contributed by atoms with E-state index in [1.165, 1.54) is 31.2 Å². The number of hydrogen-bond acceptors (Lipinski definition) is 4. The Morgan fingerprint density at radius 1 is 1.19 bits per heavy atom. The standard InChI is InChI=1S/C17H24N2O2/c1-2-7-16-15(6-1)19(9-11-20-16)12-13-4-3-5-14-17(13)21-10-8-18-14/h3-5,15-16,18H,1-2,6-12H2. The van der Waals surface area contributed by atoms with Crippen LogP contribution in [0.1, 0.15) is 31.2 Å². The van der Waals surface area contributed by atoms with Gasteiger partial charge in [0.15, 0.2) is 0 Å². The summed E-state index contributed by atoms with van der Waals surface area (Å²) in [5.74, 6) is 1.06. The van der Waals surface area contributed by atoms with Crippen LogP contribution in [0.2, 0.25) is 0 Å². The minimum Gasteiger partial charge on any atom is -0.489 e. The summed E-state index contributed by atoms with van der Waals surface area (Å²) in [6, 6.07) is 7.05. The molecule has 3 aliphatic rings. The molecule has 2 heterocycles. The average molecular weight is 288 g/mol. The monoisotopic (exact) mass is 288 g/mol. The smallest absolute Gasteiger partial charge is 0.146 e. The predicted octanol–water partition coefficient (Wildman–Crippen LogP) is 2.63. The van der Waals surface area contributed by atoms with Gasteiger partial charge in [-0.05, 0) is 18.9 Å². The van der Waals surface area contributed by atoms with E-state index < -0.39 is 0 Å². The number of nitrogens with one attached hydrogen (secondary N) is 1. The maximum atomic E-state index is 5.98. The van der Waals surface area contributed by atoms with Crippen LogP contribution in [0.5, 0.6) is 5.75 Å². The summed E-state index contributed by atoms with van der Waals surface area (Å²) in [7, 11) is 0. The molecule has 2 atom stereocenters. The molecule has 1 aromatic rings. The lowest BCUT2D eigenvalue weighted by atomic mass is 9.90. The van der Waals surface area contributed by atoms with E-state index in [0.717, 1.165) is 44.3 Å². The minimum atomic E-state index is 0.450. The maximum absolute atomic E-state index is 5.98. The van der Waals surface area contributed by atoms with E-state index in [1.807, 2.05) is 0 Å². The molecule has 2 aliphatic heterocycles. The molecule has 1 aromatic carbocycles. The number of anilines is 1. The number of rotatable bonds is 2. The molecule has 0 spiro atoms. The molecule has 2 fully saturated rings. The Labute approximate surface area is 126 Å². The fourth-order valence-electron chi connectivity index (χ4n) is 3.95. The fraction of sp³-hybridized carbons (Fsp3) is 0.647. The molecule has 4 nitrogen and oxygen atoms in total. The van der Waals surface area contributed by atoms with Crippen molar-refractivity contribution in [3.63, 3.8) is 0 Å². The molecule has 0 bridgehead atoms. The number of fused-ring (bicyclic) bond motifs is 2. The third-order valence-corrected chi connectivity index (χ3v) is 4.98. The highest BCUT2D eigenvalue weighted by atomic mass is 16.5. The van der Waals surface area contributed by atoms with Crippen molar-refractivity contribution < 1.29 is 9.47 Å². The molecule has 1 saturated carbocycles. The number of ether oxygens (including phenoxy) is 2. The van der Waals surface area contributed by atoms with Gasteiger partial charge >= 0.3 is 0 Å². The Morgan fingerprint density at radius 2 is 2.14 bits per heavy atom. The molecule has 2 unspecified atom stereocenters. The van der Waals surface area contributed by atoms with Crippen LogP contribution in [0.15, 0.2) is 18.2 Å². The van der Waals surface area contributed by atoms with Gasteiger partial charge in [0, 0.05) is 31.2 Å². The summed E-state index contributed by atoms with van der Waals surface area (Å²) in [4.78, 5) is 2.61. The Kier molecular flexibility index (Phi) is 3.74. The van der Waals surface area contributed by atoms with Crippen molar-refractivity contribution in [2.45, 2.75) is 44.4 Å². The van der Waals surface area contributed by atoms with Crippen LogP contribution in [0.25, 0.3) is 0 Å². The summed E-state index contributed by atoms with van der Waals surface area (Å²) in [6.45, 7) is 4.56. The zero-order chi connectivity index (χ0) is 14.1. The molecule has 1 N–H and O–H groups in total. The molecule has 0 radical (unpaired) electrons. The molecule has 114 valence electrons. The molecular formula is C17H24N2O2. The van der Waals surface area contributed by atoms with Crippen LogP contribution in [-0.2, 0) is 11.3 Å². The highest BCUT2D eigenvalue weighted by Gasteiger charge is 2.34. The number of morpholine rings is 1. The average Bonchev–Trinajstić information content (AvgIpc) is 2.56. The first-order valence-electron chi connectivity index (χ1n) is 8.26. The Bertz CT molecular complexity index is 504. The summed E-state index contributed by atoms with van der Waals surface area (Å²) >= 11 is 0. The van der Waals surface area contributed by atoms with Crippen molar-refractivity contribution in [1.82, 2.24) is 4.90 Å². The van der Waals surface area contributed by atoms with Crippen molar-refractivity contribution in [2.24, 2.45) is 0 Å². The van der Waals surface area contributed by atoms with E-state index >= 15 is 0 Å². The number of para-hydroxylation sites is 1. The van der Waals surface area contributed by atoms with Crippen molar-refractivity contribution in [1.29, 1.82) is 0 Å². The van der Waals surface area contributed by atoms with Gasteiger partial charge in [-0.1, -0.05) is 25.0 Å². The summed E-state index contributed by atoms with van der Waals surface area (Å²) < 4.78 is 11.9. The molecule has 0 aromatic heterocycles. The van der Waals surface area contributed by atoms with Crippen molar-refractivity contribution in [2.75, 3.05) is 31.6 Å². The summed E-state index contributed by atoms with van der Waals surface area (Å²) in [5.41, 5.74) is 2.46. The lowest BCUT2D eigenvalue weighted by Crippen LogP contribution is -2.52. The highest BCUT2D eigenvalue weighted by molar-refractivity contribution is 5.61. The second kappa shape index (κ2) is 5.85. The second-order valence-corrected chi connectivity index (χ2v) is 6.30. The van der Waals surface area contributed by atoms with E-state index in [2.05, 4.69) is 28.4 Å². The first-order chi connectivity index (χ1) is 10.4. The second-order valence-electron chi connectivity index (χ2n) is 6.30. The Morgan fingerprint density at radius 3 is 3.14 bits per heavy atom. The molecule has 21 heavy (non-hydrogen) atoms. The molecule has 4 heteroatoms. The normalized spacial score (nSPS) is 29.0. The van der Waals surface area contributed by atoms with E-state index in [4.69, 9.17) is 9.47 Å². The predicted molar refractivity (Wildman–Crippen MR) is 82.8 cm³/mol. The van der Waals surface area contributed by atoms with Crippen LogP contribution in [0, 0.1) is 0 Å². The van der Waals surface area contributed by atoms with Gasteiger partial charge in [-0.3, -0.25) is 4.90 Å². The summed E-state index contributed by atoms with van der Waals surface area (Å²) in [5, 5.41) is 3.43. The number of hydrogen-bond donors (Lipinski definition) is 1. The molecule has 1 saturated heterocycles. The zero-order valence-electron chi connectivity index (χ0n) is 12.5. The van der Waals surface area contributed by atoms with Crippen LogP contribution in [-0.4, -0.2) is 43.3 Å². The Hall–Kier alpha value is -1.26. The number of nitrogens with zero attached hydrogens (tertiary/aromatic N) is 1. The molecule has 0 amide bonds. The van der Waals surface area contributed by atoms with Crippen molar-refractivity contribution in [3.8, 4) is 5.75 Å². The molecule has 1 aliphatic carbocycles. The molecular weight excluding hydrogens is 264 g/mol. The van der Waals surface area contributed by atoms with E-state index in [0.29, 0.717) is 12.1 Å². The summed E-state index contributed by atoms with van der Waals surface area (Å²) in [6.07, 6.45) is 5.62. The topological polar surface area (TPSA) is 33.7 Å². The number of benzene rings is 1. The van der Waals surface area contributed by atoms with E-state index in [1.54, 1.807) is 0 Å². The lowest BCUT2D eigenvalue weighted by molar-refractivity contribution is -0.0912.